The molecule has 0 aliphatic carbocycles. The first-order chi connectivity index (χ1) is 6.25. The maximum absolute atomic E-state index is 2.46. The number of hydrogen-bond donors (Lipinski definition) is 0. The summed E-state index contributed by atoms with van der Waals surface area (Å²) in [7, 11) is 2.22. The van der Waals surface area contributed by atoms with Crippen LogP contribution in [0.1, 0.15) is 43.5 Å². The van der Waals surface area contributed by atoms with Gasteiger partial charge in [0, 0.05) is 12.1 Å². The summed E-state index contributed by atoms with van der Waals surface area (Å²) < 4.78 is 0. The van der Waals surface area contributed by atoms with E-state index in [0.29, 0.717) is 12.1 Å². The summed E-state index contributed by atoms with van der Waals surface area (Å²) in [5.74, 6) is 0. The lowest BCUT2D eigenvalue weighted by Crippen LogP contribution is -2.18. The Hall–Kier alpha value is -0.820. The van der Waals surface area contributed by atoms with Crippen LogP contribution in [0.25, 0.3) is 0 Å². The van der Waals surface area contributed by atoms with Gasteiger partial charge in [-0.1, -0.05) is 31.2 Å². The molecule has 0 N–H and O–H groups in total. The third-order valence-electron chi connectivity index (χ3n) is 3.29. The van der Waals surface area contributed by atoms with Gasteiger partial charge in [0.2, 0.25) is 0 Å². The summed E-state index contributed by atoms with van der Waals surface area (Å²) >= 11 is 0. The first-order valence-electron chi connectivity index (χ1n) is 5.06. The molecule has 0 aromatic heterocycles. The second-order valence-electron chi connectivity index (χ2n) is 3.89. The third kappa shape index (κ3) is 1.19. The van der Waals surface area contributed by atoms with Crippen LogP contribution >= 0.6 is 0 Å². The van der Waals surface area contributed by atoms with Crippen LogP contribution in [0.4, 0.5) is 0 Å². The monoisotopic (exact) mass is 175 g/mol. The zero-order valence-corrected chi connectivity index (χ0v) is 8.62. The average Bonchev–Trinajstić information content (AvgIpc) is 2.41. The first kappa shape index (κ1) is 8.76. The zero-order chi connectivity index (χ0) is 9.42. The van der Waals surface area contributed by atoms with Gasteiger partial charge >= 0.3 is 0 Å². The molecule has 0 fully saturated rings. The van der Waals surface area contributed by atoms with E-state index in [2.05, 4.69) is 50.1 Å². The normalized spacial score (nSPS) is 27.6. The lowest BCUT2D eigenvalue weighted by Gasteiger charge is -2.22. The van der Waals surface area contributed by atoms with E-state index in [1.165, 1.54) is 17.5 Å². The fourth-order valence-electron chi connectivity index (χ4n) is 2.41. The minimum absolute atomic E-state index is 0.584. The van der Waals surface area contributed by atoms with Crippen LogP contribution < -0.4 is 0 Å². The molecule has 70 valence electrons. The Balaban J connectivity index is 2.47. The Labute approximate surface area is 80.4 Å². The minimum atomic E-state index is 0.584. The Bertz CT molecular complexity index is 306. The van der Waals surface area contributed by atoms with Crippen LogP contribution in [-0.2, 0) is 0 Å². The molecule has 0 bridgehead atoms. The molecule has 0 amide bonds. The maximum atomic E-state index is 2.46. The van der Waals surface area contributed by atoms with Gasteiger partial charge < -0.3 is 0 Å². The predicted molar refractivity (Wildman–Crippen MR) is 55.7 cm³/mol. The molecule has 1 aliphatic heterocycles. The van der Waals surface area contributed by atoms with Crippen molar-refractivity contribution in [3.63, 3.8) is 0 Å². The van der Waals surface area contributed by atoms with Gasteiger partial charge in [0.25, 0.3) is 0 Å². The van der Waals surface area contributed by atoms with Crippen LogP contribution in [0.3, 0.4) is 0 Å². The molecular formula is C12H17N. The molecular weight excluding hydrogens is 158 g/mol. The van der Waals surface area contributed by atoms with Crippen LogP contribution in [0.15, 0.2) is 24.3 Å². The van der Waals surface area contributed by atoms with Gasteiger partial charge in [-0.15, -0.1) is 0 Å². The molecule has 0 spiro atoms. The van der Waals surface area contributed by atoms with Crippen molar-refractivity contribution in [2.24, 2.45) is 0 Å². The van der Waals surface area contributed by atoms with E-state index in [1.807, 2.05) is 0 Å². The molecule has 1 nitrogen and oxygen atoms in total. The highest BCUT2D eigenvalue weighted by atomic mass is 15.2. The molecule has 13 heavy (non-hydrogen) atoms. The van der Waals surface area contributed by atoms with E-state index in [0.717, 1.165) is 0 Å². The van der Waals surface area contributed by atoms with E-state index in [-0.39, 0.29) is 0 Å². The first-order valence-corrected chi connectivity index (χ1v) is 5.06. The van der Waals surface area contributed by atoms with Crippen molar-refractivity contribution in [2.75, 3.05) is 7.05 Å². The van der Waals surface area contributed by atoms with E-state index in [9.17, 15) is 0 Å². The molecule has 0 radical (unpaired) electrons. The van der Waals surface area contributed by atoms with Gasteiger partial charge in [0.05, 0.1) is 0 Å². The number of benzene rings is 1. The Kier molecular flexibility index (Phi) is 2.12. The Morgan fingerprint density at radius 1 is 1.23 bits per heavy atom. The summed E-state index contributed by atoms with van der Waals surface area (Å²) in [6.45, 7) is 4.55. The quantitative estimate of drug-likeness (QED) is 0.633. The van der Waals surface area contributed by atoms with Gasteiger partial charge in [-0.05, 0) is 31.5 Å². The molecule has 1 aromatic carbocycles. The van der Waals surface area contributed by atoms with Crippen LogP contribution in [0, 0.1) is 0 Å². The molecule has 1 aromatic rings. The standard InChI is InChI=1S/C12H17N/c1-4-12-11-8-6-5-7-10(11)9(2)13(12)3/h5-9,12H,4H2,1-3H3. The van der Waals surface area contributed by atoms with Crippen LogP contribution in [0.5, 0.6) is 0 Å². The van der Waals surface area contributed by atoms with Crippen molar-refractivity contribution in [3.8, 4) is 0 Å². The van der Waals surface area contributed by atoms with Crippen LogP contribution in [-0.4, -0.2) is 11.9 Å². The summed E-state index contributed by atoms with van der Waals surface area (Å²) in [6.07, 6.45) is 1.21. The summed E-state index contributed by atoms with van der Waals surface area (Å²) in [5.41, 5.74) is 3.04. The van der Waals surface area contributed by atoms with E-state index >= 15 is 0 Å². The fraction of sp³-hybridized carbons (Fsp3) is 0.500. The molecule has 1 aliphatic rings. The maximum Gasteiger partial charge on any atom is 0.0351 e. The van der Waals surface area contributed by atoms with Gasteiger partial charge in [-0.25, -0.2) is 0 Å². The highest BCUT2D eigenvalue weighted by Crippen LogP contribution is 2.41. The highest BCUT2D eigenvalue weighted by Gasteiger charge is 2.30. The van der Waals surface area contributed by atoms with Crippen molar-refractivity contribution in [3.05, 3.63) is 35.4 Å². The molecule has 2 atom stereocenters. The highest BCUT2D eigenvalue weighted by molar-refractivity contribution is 5.36. The molecule has 2 unspecified atom stereocenters. The largest absolute Gasteiger partial charge is 0.293 e. The fourth-order valence-corrected chi connectivity index (χ4v) is 2.41. The predicted octanol–water partition coefficient (Wildman–Crippen LogP) is 3.14. The topological polar surface area (TPSA) is 3.24 Å². The average molecular weight is 175 g/mol. The molecule has 1 heterocycles. The van der Waals surface area contributed by atoms with Gasteiger partial charge in [0.1, 0.15) is 0 Å². The van der Waals surface area contributed by atoms with Gasteiger partial charge in [-0.3, -0.25) is 4.90 Å². The number of hydrogen-bond acceptors (Lipinski definition) is 1. The van der Waals surface area contributed by atoms with E-state index in [4.69, 9.17) is 0 Å². The minimum Gasteiger partial charge on any atom is -0.293 e. The Morgan fingerprint density at radius 3 is 2.46 bits per heavy atom. The van der Waals surface area contributed by atoms with Gasteiger partial charge in [0.15, 0.2) is 0 Å². The smallest absolute Gasteiger partial charge is 0.0351 e. The molecule has 0 saturated carbocycles. The van der Waals surface area contributed by atoms with Crippen molar-refractivity contribution in [1.29, 1.82) is 0 Å². The zero-order valence-electron chi connectivity index (χ0n) is 8.62. The van der Waals surface area contributed by atoms with E-state index in [1.54, 1.807) is 0 Å². The SMILES string of the molecule is CCC1c2ccccc2C(C)N1C. The number of nitrogens with zero attached hydrogens (tertiary/aromatic N) is 1. The lowest BCUT2D eigenvalue weighted by molar-refractivity contribution is 0.214. The Morgan fingerprint density at radius 2 is 1.85 bits per heavy atom. The van der Waals surface area contributed by atoms with Crippen molar-refractivity contribution >= 4 is 0 Å². The third-order valence-corrected chi connectivity index (χ3v) is 3.29. The molecule has 0 saturated heterocycles. The van der Waals surface area contributed by atoms with Crippen molar-refractivity contribution in [1.82, 2.24) is 4.90 Å². The second kappa shape index (κ2) is 3.15. The number of fused-ring (bicyclic) bond motifs is 1. The summed E-state index contributed by atoms with van der Waals surface area (Å²) in [4.78, 5) is 2.46. The number of rotatable bonds is 1. The second-order valence-corrected chi connectivity index (χ2v) is 3.89. The molecule has 1 heteroatoms. The summed E-state index contributed by atoms with van der Waals surface area (Å²) in [6, 6.07) is 10.0. The van der Waals surface area contributed by atoms with Gasteiger partial charge in [-0.2, -0.15) is 0 Å². The summed E-state index contributed by atoms with van der Waals surface area (Å²) in [5, 5.41) is 0. The van der Waals surface area contributed by atoms with Crippen molar-refractivity contribution < 1.29 is 0 Å². The van der Waals surface area contributed by atoms with Crippen LogP contribution in [0.2, 0.25) is 0 Å². The van der Waals surface area contributed by atoms with Crippen molar-refractivity contribution in [2.45, 2.75) is 32.4 Å². The lowest BCUT2D eigenvalue weighted by atomic mass is 10.0. The molecule has 2 rings (SSSR count). The van der Waals surface area contributed by atoms with E-state index < -0.39 is 0 Å².